The van der Waals surface area contributed by atoms with Crippen LogP contribution in [0.2, 0.25) is 0 Å². The van der Waals surface area contributed by atoms with Crippen LogP contribution in [0.4, 0.5) is 0 Å². The molecule has 4 N–H and O–H groups in total. The molecule has 86 valence electrons. The number of hydrogen-bond acceptors (Lipinski definition) is 3. The summed E-state index contributed by atoms with van der Waals surface area (Å²) in [7, 11) is 0. The quantitative estimate of drug-likeness (QED) is 0.656. The highest BCUT2D eigenvalue weighted by atomic mass is 16.2. The first-order valence-electron chi connectivity index (χ1n) is 5.37. The van der Waals surface area contributed by atoms with Gasteiger partial charge in [0.15, 0.2) is 0 Å². The SMILES string of the molecule is CCC1CCN(C(=O)C(N)CC(N)=O)C1. The maximum absolute atomic E-state index is 11.7. The Morgan fingerprint density at radius 2 is 2.20 bits per heavy atom. The lowest BCUT2D eigenvalue weighted by molar-refractivity contribution is -0.133. The summed E-state index contributed by atoms with van der Waals surface area (Å²) in [6.07, 6.45) is 2.05. The zero-order chi connectivity index (χ0) is 11.4. The van der Waals surface area contributed by atoms with Crippen molar-refractivity contribution in [3.05, 3.63) is 0 Å². The van der Waals surface area contributed by atoms with Crippen LogP contribution in [0.25, 0.3) is 0 Å². The van der Waals surface area contributed by atoms with E-state index in [1.54, 1.807) is 4.90 Å². The van der Waals surface area contributed by atoms with Crippen LogP contribution >= 0.6 is 0 Å². The van der Waals surface area contributed by atoms with E-state index in [9.17, 15) is 9.59 Å². The van der Waals surface area contributed by atoms with E-state index in [0.717, 1.165) is 25.9 Å². The van der Waals surface area contributed by atoms with E-state index in [4.69, 9.17) is 11.5 Å². The predicted octanol–water partition coefficient (Wildman–Crippen LogP) is -0.552. The average Bonchev–Trinajstić information content (AvgIpc) is 2.63. The minimum atomic E-state index is -0.766. The maximum atomic E-state index is 11.7. The molecule has 5 heteroatoms. The van der Waals surface area contributed by atoms with Gasteiger partial charge < -0.3 is 16.4 Å². The smallest absolute Gasteiger partial charge is 0.240 e. The third kappa shape index (κ3) is 3.20. The normalized spacial score (nSPS) is 22.8. The average molecular weight is 213 g/mol. The second-order valence-corrected chi connectivity index (χ2v) is 4.12. The van der Waals surface area contributed by atoms with E-state index in [1.165, 1.54) is 0 Å². The Morgan fingerprint density at radius 1 is 1.53 bits per heavy atom. The molecular formula is C10H19N3O2. The van der Waals surface area contributed by atoms with Gasteiger partial charge in [0.2, 0.25) is 11.8 Å². The van der Waals surface area contributed by atoms with Crippen molar-refractivity contribution in [3.63, 3.8) is 0 Å². The molecule has 0 aromatic carbocycles. The first-order valence-corrected chi connectivity index (χ1v) is 5.37. The number of amides is 2. The lowest BCUT2D eigenvalue weighted by atomic mass is 10.1. The van der Waals surface area contributed by atoms with Gasteiger partial charge >= 0.3 is 0 Å². The van der Waals surface area contributed by atoms with Crippen LogP contribution in [0, 0.1) is 5.92 Å². The molecule has 2 atom stereocenters. The Kier molecular flexibility index (Phi) is 4.08. The molecule has 1 aliphatic rings. The lowest BCUT2D eigenvalue weighted by Crippen LogP contribution is -2.44. The fourth-order valence-corrected chi connectivity index (χ4v) is 1.90. The number of primary amides is 1. The topological polar surface area (TPSA) is 89.4 Å². The summed E-state index contributed by atoms with van der Waals surface area (Å²) in [5.74, 6) is -0.0958. The highest BCUT2D eigenvalue weighted by Crippen LogP contribution is 2.19. The molecule has 0 spiro atoms. The van der Waals surface area contributed by atoms with E-state index < -0.39 is 11.9 Å². The van der Waals surface area contributed by atoms with Crippen LogP contribution in [-0.4, -0.2) is 35.8 Å². The first-order chi connectivity index (χ1) is 7.04. The molecule has 5 nitrogen and oxygen atoms in total. The van der Waals surface area contributed by atoms with Crippen LogP contribution in [-0.2, 0) is 9.59 Å². The number of carbonyl (C=O) groups is 2. The molecule has 0 aromatic rings. The van der Waals surface area contributed by atoms with E-state index >= 15 is 0 Å². The van der Waals surface area contributed by atoms with Gasteiger partial charge in [0.05, 0.1) is 12.5 Å². The molecule has 0 saturated carbocycles. The van der Waals surface area contributed by atoms with Crippen LogP contribution in [0.5, 0.6) is 0 Å². The molecule has 1 rings (SSSR count). The van der Waals surface area contributed by atoms with Crippen LogP contribution in [0.15, 0.2) is 0 Å². The third-order valence-corrected chi connectivity index (χ3v) is 2.91. The van der Waals surface area contributed by atoms with Crippen molar-refractivity contribution in [1.29, 1.82) is 0 Å². The molecule has 0 aliphatic carbocycles. The van der Waals surface area contributed by atoms with Gasteiger partial charge in [0, 0.05) is 13.1 Å². The van der Waals surface area contributed by atoms with Crippen LogP contribution < -0.4 is 11.5 Å². The third-order valence-electron chi connectivity index (χ3n) is 2.91. The molecule has 0 radical (unpaired) electrons. The number of nitrogens with two attached hydrogens (primary N) is 2. The van der Waals surface area contributed by atoms with Gasteiger partial charge in [-0.2, -0.15) is 0 Å². The van der Waals surface area contributed by atoms with Crippen molar-refractivity contribution < 1.29 is 9.59 Å². The molecule has 2 unspecified atom stereocenters. The van der Waals surface area contributed by atoms with E-state index in [2.05, 4.69) is 6.92 Å². The maximum Gasteiger partial charge on any atom is 0.240 e. The Labute approximate surface area is 89.8 Å². The predicted molar refractivity (Wildman–Crippen MR) is 56.8 cm³/mol. The highest BCUT2D eigenvalue weighted by molar-refractivity contribution is 5.87. The lowest BCUT2D eigenvalue weighted by Gasteiger charge is -2.19. The molecule has 0 bridgehead atoms. The monoisotopic (exact) mass is 213 g/mol. The van der Waals surface area contributed by atoms with Gasteiger partial charge in [-0.3, -0.25) is 9.59 Å². The van der Waals surface area contributed by atoms with Crippen molar-refractivity contribution in [2.45, 2.75) is 32.2 Å². The van der Waals surface area contributed by atoms with Gasteiger partial charge in [0.25, 0.3) is 0 Å². The fourth-order valence-electron chi connectivity index (χ4n) is 1.90. The summed E-state index contributed by atoms with van der Waals surface area (Å²) >= 11 is 0. The molecule has 1 saturated heterocycles. The van der Waals surface area contributed by atoms with Gasteiger partial charge in [-0.15, -0.1) is 0 Å². The largest absolute Gasteiger partial charge is 0.370 e. The number of hydrogen-bond donors (Lipinski definition) is 2. The number of rotatable bonds is 4. The summed E-state index contributed by atoms with van der Waals surface area (Å²) in [6, 6.07) is -0.766. The van der Waals surface area contributed by atoms with Gasteiger partial charge in [0.1, 0.15) is 0 Å². The number of likely N-dealkylation sites (tertiary alicyclic amines) is 1. The van der Waals surface area contributed by atoms with Crippen LogP contribution in [0.3, 0.4) is 0 Å². The molecule has 1 aliphatic heterocycles. The zero-order valence-corrected chi connectivity index (χ0v) is 9.11. The van der Waals surface area contributed by atoms with E-state index in [-0.39, 0.29) is 12.3 Å². The Balaban J connectivity index is 2.44. The second-order valence-electron chi connectivity index (χ2n) is 4.12. The fraction of sp³-hybridized carbons (Fsp3) is 0.800. The summed E-state index contributed by atoms with van der Waals surface area (Å²) in [5.41, 5.74) is 10.6. The van der Waals surface area contributed by atoms with Crippen molar-refractivity contribution in [1.82, 2.24) is 4.90 Å². The van der Waals surface area contributed by atoms with E-state index in [1.807, 2.05) is 0 Å². The zero-order valence-electron chi connectivity index (χ0n) is 9.11. The van der Waals surface area contributed by atoms with Crippen molar-refractivity contribution in [3.8, 4) is 0 Å². The minimum Gasteiger partial charge on any atom is -0.370 e. The van der Waals surface area contributed by atoms with Crippen molar-refractivity contribution in [2.75, 3.05) is 13.1 Å². The summed E-state index contributed by atoms with van der Waals surface area (Å²) in [5, 5.41) is 0. The molecule has 1 heterocycles. The van der Waals surface area contributed by atoms with E-state index in [0.29, 0.717) is 5.92 Å². The van der Waals surface area contributed by atoms with Crippen molar-refractivity contribution in [2.24, 2.45) is 17.4 Å². The Bertz CT molecular complexity index is 255. The van der Waals surface area contributed by atoms with Crippen LogP contribution in [0.1, 0.15) is 26.2 Å². The molecule has 2 amide bonds. The number of carbonyl (C=O) groups excluding carboxylic acids is 2. The molecule has 1 fully saturated rings. The Morgan fingerprint density at radius 3 is 2.67 bits per heavy atom. The summed E-state index contributed by atoms with van der Waals surface area (Å²) in [6.45, 7) is 3.63. The second kappa shape index (κ2) is 5.11. The highest BCUT2D eigenvalue weighted by Gasteiger charge is 2.28. The minimum absolute atomic E-state index is 0.0634. The first kappa shape index (κ1) is 12.0. The molecular weight excluding hydrogens is 194 g/mol. The summed E-state index contributed by atoms with van der Waals surface area (Å²) in [4.78, 5) is 24.1. The summed E-state index contributed by atoms with van der Waals surface area (Å²) < 4.78 is 0. The van der Waals surface area contributed by atoms with Gasteiger partial charge in [-0.1, -0.05) is 13.3 Å². The van der Waals surface area contributed by atoms with Gasteiger partial charge in [-0.25, -0.2) is 0 Å². The van der Waals surface area contributed by atoms with Crippen molar-refractivity contribution >= 4 is 11.8 Å². The number of nitrogens with zero attached hydrogens (tertiary/aromatic N) is 1. The standard InChI is InChI=1S/C10H19N3O2/c1-2-7-3-4-13(6-7)10(15)8(11)5-9(12)14/h7-8H,2-6,11H2,1H3,(H2,12,14). The van der Waals surface area contributed by atoms with Gasteiger partial charge in [-0.05, 0) is 12.3 Å². The molecule has 0 aromatic heterocycles. The Hall–Kier alpha value is -1.10. The molecule has 15 heavy (non-hydrogen) atoms.